The number of carbonyl (C=O) groups is 1. The second-order valence-corrected chi connectivity index (χ2v) is 3.77. The van der Waals surface area contributed by atoms with Crippen molar-refractivity contribution in [3.63, 3.8) is 0 Å². The first-order valence-electron chi connectivity index (χ1n) is 4.99. The number of carbonyl (C=O) groups excluding carboxylic acids is 1. The molecule has 2 aromatic heterocycles. The number of nitrogens with zero attached hydrogens (tertiary/aromatic N) is 3. The molecule has 0 unspecified atom stereocenters. The SMILES string of the molecule is CN(C(=O)c1cccnc1Cl)c1ccncc1. The Morgan fingerprint density at radius 1 is 1.24 bits per heavy atom. The van der Waals surface area contributed by atoms with Gasteiger partial charge in [-0.3, -0.25) is 9.78 Å². The van der Waals surface area contributed by atoms with Crippen molar-refractivity contribution >= 4 is 23.2 Å². The van der Waals surface area contributed by atoms with E-state index >= 15 is 0 Å². The molecule has 2 aromatic rings. The van der Waals surface area contributed by atoms with Crippen molar-refractivity contribution in [1.29, 1.82) is 0 Å². The van der Waals surface area contributed by atoms with Gasteiger partial charge in [0.1, 0.15) is 5.15 Å². The first kappa shape index (κ1) is 11.5. The molecule has 0 radical (unpaired) electrons. The molecular weight excluding hydrogens is 238 g/mol. The van der Waals surface area contributed by atoms with Crippen molar-refractivity contribution in [2.45, 2.75) is 0 Å². The first-order chi connectivity index (χ1) is 8.20. The van der Waals surface area contributed by atoms with Gasteiger partial charge in [-0.2, -0.15) is 0 Å². The van der Waals surface area contributed by atoms with Crippen LogP contribution in [-0.2, 0) is 0 Å². The molecule has 0 aliphatic rings. The smallest absolute Gasteiger partial charge is 0.261 e. The lowest BCUT2D eigenvalue weighted by Gasteiger charge is -2.17. The molecule has 2 heterocycles. The van der Waals surface area contributed by atoms with Gasteiger partial charge in [0.2, 0.25) is 0 Å². The minimum absolute atomic E-state index is 0.200. The zero-order valence-corrected chi connectivity index (χ0v) is 9.93. The summed E-state index contributed by atoms with van der Waals surface area (Å²) in [7, 11) is 1.68. The van der Waals surface area contributed by atoms with Gasteiger partial charge in [0.25, 0.3) is 5.91 Å². The van der Waals surface area contributed by atoms with Gasteiger partial charge in [-0.05, 0) is 24.3 Å². The fourth-order valence-electron chi connectivity index (χ4n) is 1.41. The number of anilines is 1. The molecule has 17 heavy (non-hydrogen) atoms. The van der Waals surface area contributed by atoms with Gasteiger partial charge < -0.3 is 4.90 Å². The van der Waals surface area contributed by atoms with Crippen LogP contribution in [0.1, 0.15) is 10.4 Å². The molecule has 1 amide bonds. The third-order valence-electron chi connectivity index (χ3n) is 2.34. The third-order valence-corrected chi connectivity index (χ3v) is 2.65. The number of pyridine rings is 2. The van der Waals surface area contributed by atoms with E-state index in [0.717, 1.165) is 5.69 Å². The van der Waals surface area contributed by atoms with Crippen LogP contribution in [0.3, 0.4) is 0 Å². The van der Waals surface area contributed by atoms with E-state index in [9.17, 15) is 4.79 Å². The summed E-state index contributed by atoms with van der Waals surface area (Å²) in [6, 6.07) is 6.83. The van der Waals surface area contributed by atoms with Crippen molar-refractivity contribution in [2.75, 3.05) is 11.9 Å². The maximum Gasteiger partial charge on any atom is 0.261 e. The fourth-order valence-corrected chi connectivity index (χ4v) is 1.61. The van der Waals surface area contributed by atoms with Gasteiger partial charge >= 0.3 is 0 Å². The van der Waals surface area contributed by atoms with Crippen LogP contribution >= 0.6 is 11.6 Å². The monoisotopic (exact) mass is 247 g/mol. The van der Waals surface area contributed by atoms with E-state index in [1.54, 1.807) is 49.9 Å². The lowest BCUT2D eigenvalue weighted by molar-refractivity contribution is 0.0993. The van der Waals surface area contributed by atoms with E-state index in [-0.39, 0.29) is 11.1 Å². The van der Waals surface area contributed by atoms with E-state index in [4.69, 9.17) is 11.6 Å². The quantitative estimate of drug-likeness (QED) is 0.766. The minimum Gasteiger partial charge on any atom is -0.311 e. The van der Waals surface area contributed by atoms with Crippen LogP contribution in [0, 0.1) is 0 Å². The number of hydrogen-bond donors (Lipinski definition) is 0. The molecule has 0 fully saturated rings. The summed E-state index contributed by atoms with van der Waals surface area (Å²) in [5.41, 5.74) is 1.14. The van der Waals surface area contributed by atoms with Crippen molar-refractivity contribution in [3.05, 3.63) is 53.6 Å². The number of aromatic nitrogens is 2. The predicted molar refractivity (Wildman–Crippen MR) is 66.2 cm³/mol. The van der Waals surface area contributed by atoms with E-state index in [1.165, 1.54) is 4.90 Å². The maximum absolute atomic E-state index is 12.1. The molecule has 4 nitrogen and oxygen atoms in total. The summed E-state index contributed by atoms with van der Waals surface area (Å²) in [5.74, 6) is -0.200. The second kappa shape index (κ2) is 4.93. The van der Waals surface area contributed by atoms with Crippen LogP contribution in [0.2, 0.25) is 5.15 Å². The Kier molecular flexibility index (Phi) is 3.35. The Morgan fingerprint density at radius 3 is 2.59 bits per heavy atom. The summed E-state index contributed by atoms with van der Waals surface area (Å²) in [5, 5.41) is 0.207. The second-order valence-electron chi connectivity index (χ2n) is 3.41. The molecule has 0 bridgehead atoms. The first-order valence-corrected chi connectivity index (χ1v) is 5.36. The number of amides is 1. The molecule has 0 saturated heterocycles. The van der Waals surface area contributed by atoms with Gasteiger partial charge in [0.05, 0.1) is 5.56 Å². The highest BCUT2D eigenvalue weighted by molar-refractivity contribution is 6.33. The Bertz CT molecular complexity index is 530. The van der Waals surface area contributed by atoms with Crippen molar-refractivity contribution in [1.82, 2.24) is 9.97 Å². The molecule has 5 heteroatoms. The van der Waals surface area contributed by atoms with E-state index in [0.29, 0.717) is 5.56 Å². The molecule has 86 valence electrons. The average molecular weight is 248 g/mol. The zero-order chi connectivity index (χ0) is 12.3. The van der Waals surface area contributed by atoms with Crippen LogP contribution in [0.4, 0.5) is 5.69 Å². The number of hydrogen-bond acceptors (Lipinski definition) is 3. The van der Waals surface area contributed by atoms with E-state index < -0.39 is 0 Å². The Labute approximate surface area is 104 Å². The lowest BCUT2D eigenvalue weighted by Crippen LogP contribution is -2.26. The Morgan fingerprint density at radius 2 is 1.94 bits per heavy atom. The van der Waals surface area contributed by atoms with Gasteiger partial charge in [-0.1, -0.05) is 11.6 Å². The van der Waals surface area contributed by atoms with Crippen molar-refractivity contribution < 1.29 is 4.79 Å². The summed E-state index contributed by atoms with van der Waals surface area (Å²) in [4.78, 5) is 21.4. The van der Waals surface area contributed by atoms with E-state index in [1.807, 2.05) is 0 Å². The topological polar surface area (TPSA) is 46.1 Å². The number of rotatable bonds is 2. The Balaban J connectivity index is 2.30. The summed E-state index contributed by atoms with van der Waals surface area (Å²) in [6.07, 6.45) is 4.81. The normalized spacial score (nSPS) is 10.0. The van der Waals surface area contributed by atoms with Crippen LogP contribution in [0.25, 0.3) is 0 Å². The molecule has 0 saturated carbocycles. The largest absolute Gasteiger partial charge is 0.311 e. The van der Waals surface area contributed by atoms with E-state index in [2.05, 4.69) is 9.97 Å². The van der Waals surface area contributed by atoms with Gasteiger partial charge in [-0.25, -0.2) is 4.98 Å². The highest BCUT2D eigenvalue weighted by Gasteiger charge is 2.16. The predicted octanol–water partition coefficient (Wildman–Crippen LogP) is 2.41. The Hall–Kier alpha value is -1.94. The lowest BCUT2D eigenvalue weighted by atomic mass is 10.2. The summed E-state index contributed by atoms with van der Waals surface area (Å²) in [6.45, 7) is 0. The van der Waals surface area contributed by atoms with Gasteiger partial charge in [0.15, 0.2) is 0 Å². The standard InChI is InChI=1S/C12H10ClN3O/c1-16(9-4-7-14-8-5-9)12(17)10-3-2-6-15-11(10)13/h2-8H,1H3. The molecule has 0 atom stereocenters. The molecular formula is C12H10ClN3O. The zero-order valence-electron chi connectivity index (χ0n) is 9.17. The maximum atomic E-state index is 12.1. The highest BCUT2D eigenvalue weighted by Crippen LogP contribution is 2.18. The molecule has 0 N–H and O–H groups in total. The average Bonchev–Trinajstić information content (AvgIpc) is 2.39. The van der Waals surface area contributed by atoms with Crippen LogP contribution < -0.4 is 4.90 Å². The highest BCUT2D eigenvalue weighted by atomic mass is 35.5. The van der Waals surface area contributed by atoms with Crippen molar-refractivity contribution in [3.8, 4) is 0 Å². The van der Waals surface area contributed by atoms with Gasteiger partial charge in [-0.15, -0.1) is 0 Å². The minimum atomic E-state index is -0.200. The third kappa shape index (κ3) is 2.42. The summed E-state index contributed by atoms with van der Waals surface area (Å²) >= 11 is 5.88. The fraction of sp³-hybridized carbons (Fsp3) is 0.0833. The summed E-state index contributed by atoms with van der Waals surface area (Å²) < 4.78 is 0. The van der Waals surface area contributed by atoms with Crippen LogP contribution in [0.15, 0.2) is 42.9 Å². The van der Waals surface area contributed by atoms with Crippen LogP contribution in [0.5, 0.6) is 0 Å². The molecule has 2 rings (SSSR count). The number of halogens is 1. The molecule has 0 aliphatic carbocycles. The molecule has 0 aromatic carbocycles. The van der Waals surface area contributed by atoms with Gasteiger partial charge in [0, 0.05) is 31.3 Å². The molecule has 0 spiro atoms. The van der Waals surface area contributed by atoms with Crippen molar-refractivity contribution in [2.24, 2.45) is 0 Å². The molecule has 0 aliphatic heterocycles. The van der Waals surface area contributed by atoms with Crippen LogP contribution in [-0.4, -0.2) is 22.9 Å².